The van der Waals surface area contributed by atoms with Gasteiger partial charge in [0.2, 0.25) is 0 Å². The van der Waals surface area contributed by atoms with E-state index < -0.39 is 44.5 Å². The molecule has 1 saturated heterocycles. The predicted octanol–water partition coefficient (Wildman–Crippen LogP) is 3.57. The highest BCUT2D eigenvalue weighted by molar-refractivity contribution is 7.92. The van der Waals surface area contributed by atoms with Crippen LogP contribution in [0, 0.1) is 5.92 Å². The van der Waals surface area contributed by atoms with Crippen molar-refractivity contribution >= 4 is 22.0 Å². The summed E-state index contributed by atoms with van der Waals surface area (Å²) in [4.78, 5) is 26.4. The molecule has 1 heterocycles. The maximum atomic E-state index is 13.3. The number of likely N-dealkylation sites (tertiary alicyclic amines) is 1. The summed E-state index contributed by atoms with van der Waals surface area (Å²) >= 11 is 0. The van der Waals surface area contributed by atoms with Gasteiger partial charge in [-0.2, -0.15) is 0 Å². The van der Waals surface area contributed by atoms with Gasteiger partial charge < -0.3 is 19.7 Å². The Hall–Kier alpha value is -2.29. The lowest BCUT2D eigenvalue weighted by Crippen LogP contribution is -2.48. The number of nitrogens with zero attached hydrogens (tertiary/aromatic N) is 1. The first-order valence-corrected chi connectivity index (χ1v) is 11.5. The molecule has 0 aromatic heterocycles. The van der Waals surface area contributed by atoms with Crippen LogP contribution >= 0.6 is 0 Å². The van der Waals surface area contributed by atoms with E-state index in [2.05, 4.69) is 5.32 Å². The molecule has 168 valence electrons. The molecule has 1 aromatic rings. The van der Waals surface area contributed by atoms with Crippen molar-refractivity contribution in [3.05, 3.63) is 30.3 Å². The average Bonchev–Trinajstić information content (AvgIpc) is 3.07. The van der Waals surface area contributed by atoms with Crippen molar-refractivity contribution in [3.8, 4) is 0 Å². The fourth-order valence-corrected chi connectivity index (χ4v) is 4.97. The van der Waals surface area contributed by atoms with E-state index in [9.17, 15) is 18.0 Å². The van der Waals surface area contributed by atoms with Gasteiger partial charge in [0.05, 0.1) is 4.90 Å². The summed E-state index contributed by atoms with van der Waals surface area (Å²) in [7, 11) is -3.91. The third-order valence-electron chi connectivity index (χ3n) is 4.37. The molecule has 2 unspecified atom stereocenters. The predicted molar refractivity (Wildman–Crippen MR) is 113 cm³/mol. The molecule has 1 aliphatic rings. The van der Waals surface area contributed by atoms with Crippen molar-refractivity contribution in [2.45, 2.75) is 69.4 Å². The standard InChI is InChI=1S/C21H32N2O6S/c1-20(2,3)28-18(24)22-17(30(26,27)16-10-8-7-9-11-16)15-12-13-23(14-15)19(25)29-21(4,5)6/h7-11,15,17H,12-14H2,1-6H3,(H,22,24). The Labute approximate surface area is 178 Å². The minimum Gasteiger partial charge on any atom is -0.444 e. The van der Waals surface area contributed by atoms with Gasteiger partial charge in [0.25, 0.3) is 0 Å². The van der Waals surface area contributed by atoms with Crippen molar-refractivity contribution < 1.29 is 27.5 Å². The molecule has 0 bridgehead atoms. The first kappa shape index (κ1) is 24.0. The van der Waals surface area contributed by atoms with Gasteiger partial charge in [-0.25, -0.2) is 18.0 Å². The Bertz CT molecular complexity index is 856. The lowest BCUT2D eigenvalue weighted by Gasteiger charge is -2.28. The molecular weight excluding hydrogens is 408 g/mol. The fraction of sp³-hybridized carbons (Fsp3) is 0.619. The van der Waals surface area contributed by atoms with E-state index in [1.54, 1.807) is 59.7 Å². The Kier molecular flexibility index (Phi) is 7.06. The largest absolute Gasteiger partial charge is 0.444 e. The molecule has 1 fully saturated rings. The first-order chi connectivity index (χ1) is 13.7. The maximum Gasteiger partial charge on any atom is 0.410 e. The number of sulfone groups is 1. The number of amides is 2. The van der Waals surface area contributed by atoms with Crippen LogP contribution in [0.2, 0.25) is 0 Å². The lowest BCUT2D eigenvalue weighted by molar-refractivity contribution is 0.0287. The minimum atomic E-state index is -3.91. The van der Waals surface area contributed by atoms with E-state index in [1.807, 2.05) is 0 Å². The minimum absolute atomic E-state index is 0.0989. The summed E-state index contributed by atoms with van der Waals surface area (Å²) in [6.45, 7) is 10.9. The molecule has 2 amide bonds. The lowest BCUT2D eigenvalue weighted by atomic mass is 10.1. The highest BCUT2D eigenvalue weighted by atomic mass is 32.2. The van der Waals surface area contributed by atoms with E-state index in [0.29, 0.717) is 13.0 Å². The van der Waals surface area contributed by atoms with Crippen LogP contribution in [0.25, 0.3) is 0 Å². The molecule has 0 radical (unpaired) electrons. The highest BCUT2D eigenvalue weighted by Gasteiger charge is 2.42. The molecule has 0 spiro atoms. The summed E-state index contributed by atoms with van der Waals surface area (Å²) in [6.07, 6.45) is -0.910. The fourth-order valence-electron chi connectivity index (χ4n) is 3.16. The van der Waals surface area contributed by atoms with Crippen LogP contribution in [0.15, 0.2) is 35.2 Å². The van der Waals surface area contributed by atoms with Crippen LogP contribution in [0.5, 0.6) is 0 Å². The normalized spacial score (nSPS) is 18.6. The Morgan fingerprint density at radius 2 is 1.60 bits per heavy atom. The zero-order valence-electron chi connectivity index (χ0n) is 18.5. The number of carbonyl (C=O) groups is 2. The molecule has 1 N–H and O–H groups in total. The summed E-state index contributed by atoms with van der Waals surface area (Å²) in [6, 6.07) is 7.94. The van der Waals surface area contributed by atoms with Gasteiger partial charge in [-0.3, -0.25) is 0 Å². The summed E-state index contributed by atoms with van der Waals surface area (Å²) < 4.78 is 37.3. The third-order valence-corrected chi connectivity index (χ3v) is 6.47. The zero-order valence-corrected chi connectivity index (χ0v) is 19.3. The zero-order chi connectivity index (χ0) is 22.7. The quantitative estimate of drug-likeness (QED) is 0.768. The first-order valence-electron chi connectivity index (χ1n) is 9.95. The van der Waals surface area contributed by atoms with Crippen LogP contribution in [-0.4, -0.2) is 55.2 Å². The Balaban J connectivity index is 2.26. The molecule has 1 aromatic carbocycles. The molecule has 8 nitrogen and oxygen atoms in total. The summed E-state index contributed by atoms with van der Waals surface area (Å²) in [5.41, 5.74) is -1.43. The van der Waals surface area contributed by atoms with Crippen molar-refractivity contribution in [3.63, 3.8) is 0 Å². The Morgan fingerprint density at radius 1 is 1.03 bits per heavy atom. The number of hydrogen-bond donors (Lipinski definition) is 1. The van der Waals surface area contributed by atoms with Crippen molar-refractivity contribution in [1.29, 1.82) is 0 Å². The molecule has 0 saturated carbocycles. The number of nitrogens with one attached hydrogen (secondary N) is 1. The second-order valence-electron chi connectivity index (χ2n) is 9.40. The monoisotopic (exact) mass is 440 g/mol. The van der Waals surface area contributed by atoms with Crippen LogP contribution < -0.4 is 5.32 Å². The maximum absolute atomic E-state index is 13.3. The highest BCUT2D eigenvalue weighted by Crippen LogP contribution is 2.28. The molecule has 2 rings (SSSR count). The van der Waals surface area contributed by atoms with Crippen LogP contribution in [-0.2, 0) is 19.3 Å². The van der Waals surface area contributed by atoms with Gasteiger partial charge in [-0.1, -0.05) is 18.2 Å². The molecular formula is C21H32N2O6S. The van der Waals surface area contributed by atoms with E-state index in [-0.39, 0.29) is 11.4 Å². The number of carbonyl (C=O) groups excluding carboxylic acids is 2. The second kappa shape index (κ2) is 8.83. The topological polar surface area (TPSA) is 102 Å². The van der Waals surface area contributed by atoms with E-state index in [4.69, 9.17) is 9.47 Å². The van der Waals surface area contributed by atoms with E-state index in [1.165, 1.54) is 17.0 Å². The van der Waals surface area contributed by atoms with Gasteiger partial charge >= 0.3 is 12.2 Å². The smallest absolute Gasteiger partial charge is 0.410 e. The van der Waals surface area contributed by atoms with Crippen molar-refractivity contribution in [2.75, 3.05) is 13.1 Å². The number of rotatable bonds is 4. The van der Waals surface area contributed by atoms with E-state index >= 15 is 0 Å². The van der Waals surface area contributed by atoms with Crippen molar-refractivity contribution in [2.24, 2.45) is 5.92 Å². The van der Waals surface area contributed by atoms with Gasteiger partial charge in [0.1, 0.15) is 16.6 Å². The van der Waals surface area contributed by atoms with Crippen LogP contribution in [0.1, 0.15) is 48.0 Å². The molecule has 0 aliphatic carbocycles. The van der Waals surface area contributed by atoms with Crippen LogP contribution in [0.3, 0.4) is 0 Å². The van der Waals surface area contributed by atoms with Gasteiger partial charge in [-0.05, 0) is 60.1 Å². The molecule has 1 aliphatic heterocycles. The van der Waals surface area contributed by atoms with E-state index in [0.717, 1.165) is 0 Å². The number of ether oxygens (including phenoxy) is 2. The SMILES string of the molecule is CC(C)(C)OC(=O)NC(C1CCN(C(=O)OC(C)(C)C)C1)S(=O)(=O)c1ccccc1. The van der Waals surface area contributed by atoms with Crippen molar-refractivity contribution in [1.82, 2.24) is 10.2 Å². The Morgan fingerprint density at radius 3 is 2.13 bits per heavy atom. The second-order valence-corrected chi connectivity index (χ2v) is 11.5. The van der Waals surface area contributed by atoms with Gasteiger partial charge in [0.15, 0.2) is 9.84 Å². The molecule has 2 atom stereocenters. The molecule has 9 heteroatoms. The summed E-state index contributed by atoms with van der Waals surface area (Å²) in [5.74, 6) is -0.504. The van der Waals surface area contributed by atoms with Crippen LogP contribution in [0.4, 0.5) is 9.59 Å². The molecule has 30 heavy (non-hydrogen) atoms. The number of hydrogen-bond acceptors (Lipinski definition) is 6. The number of benzene rings is 1. The average molecular weight is 441 g/mol. The number of alkyl carbamates (subject to hydrolysis) is 1. The summed E-state index contributed by atoms with van der Waals surface area (Å²) in [5, 5.41) is 1.30. The van der Waals surface area contributed by atoms with Gasteiger partial charge in [-0.15, -0.1) is 0 Å². The third kappa shape index (κ3) is 6.62. The van der Waals surface area contributed by atoms with Gasteiger partial charge in [0, 0.05) is 19.0 Å².